The first-order valence-corrected chi connectivity index (χ1v) is 11.5. The maximum absolute atomic E-state index is 12.9. The Morgan fingerprint density at radius 2 is 2.00 bits per heavy atom. The van der Waals surface area contributed by atoms with Crippen molar-refractivity contribution in [2.45, 2.75) is 65.2 Å². The number of hydrogen-bond acceptors (Lipinski definition) is 5. The average Bonchev–Trinajstić information content (AvgIpc) is 3.37. The molecular weight excluding hydrogens is 390 g/mol. The molecular formula is C21H25N3O2S2. The second kappa shape index (κ2) is 7.19. The van der Waals surface area contributed by atoms with E-state index < -0.39 is 0 Å². The highest BCUT2D eigenvalue weighted by molar-refractivity contribution is 7.99. The van der Waals surface area contributed by atoms with Crippen molar-refractivity contribution < 1.29 is 4.79 Å². The van der Waals surface area contributed by atoms with Crippen molar-refractivity contribution in [3.05, 3.63) is 43.8 Å². The molecule has 1 aliphatic rings. The molecule has 5 nitrogen and oxygen atoms in total. The lowest BCUT2D eigenvalue weighted by Gasteiger charge is -2.10. The fraction of sp³-hybridized carbons (Fsp3) is 0.476. The minimum Gasteiger partial charge on any atom is -0.345 e. The largest absolute Gasteiger partial charge is 0.345 e. The van der Waals surface area contributed by atoms with Crippen molar-refractivity contribution in [3.63, 3.8) is 0 Å². The molecule has 0 atom stereocenters. The SMILES string of the molecule is CCn1c(SCC(=O)c2cc(C)n(C3CC3)c2C)nc2sc(C)c(C)c2c1=O. The van der Waals surface area contributed by atoms with Crippen LogP contribution < -0.4 is 5.56 Å². The third-order valence-corrected chi connectivity index (χ3v) is 7.68. The van der Waals surface area contributed by atoms with Gasteiger partial charge in [-0.3, -0.25) is 14.2 Å². The monoisotopic (exact) mass is 415 g/mol. The Morgan fingerprint density at radius 3 is 2.64 bits per heavy atom. The third-order valence-electron chi connectivity index (χ3n) is 5.60. The van der Waals surface area contributed by atoms with Gasteiger partial charge in [-0.05, 0) is 59.1 Å². The second-order valence-corrected chi connectivity index (χ2v) is 9.65. The van der Waals surface area contributed by atoms with Gasteiger partial charge in [-0.25, -0.2) is 4.98 Å². The Labute approximate surface area is 172 Å². The summed E-state index contributed by atoms with van der Waals surface area (Å²) in [7, 11) is 0. The highest BCUT2D eigenvalue weighted by Crippen LogP contribution is 2.38. The maximum Gasteiger partial charge on any atom is 0.263 e. The van der Waals surface area contributed by atoms with Crippen molar-refractivity contribution in [3.8, 4) is 0 Å². The summed E-state index contributed by atoms with van der Waals surface area (Å²) in [6, 6.07) is 2.57. The number of thioether (sulfide) groups is 1. The van der Waals surface area contributed by atoms with Crippen LogP contribution in [0.3, 0.4) is 0 Å². The Morgan fingerprint density at radius 1 is 1.29 bits per heavy atom. The molecule has 3 heterocycles. The molecule has 1 aliphatic carbocycles. The van der Waals surface area contributed by atoms with Crippen LogP contribution in [0.4, 0.5) is 0 Å². The Hall–Kier alpha value is -1.86. The maximum atomic E-state index is 12.9. The summed E-state index contributed by atoms with van der Waals surface area (Å²) in [5, 5.41) is 1.35. The van der Waals surface area contributed by atoms with E-state index in [4.69, 9.17) is 4.98 Å². The zero-order valence-corrected chi connectivity index (χ0v) is 18.6. The molecule has 28 heavy (non-hydrogen) atoms. The van der Waals surface area contributed by atoms with E-state index in [-0.39, 0.29) is 17.1 Å². The van der Waals surface area contributed by atoms with Gasteiger partial charge < -0.3 is 4.57 Å². The van der Waals surface area contributed by atoms with Crippen molar-refractivity contribution in [1.82, 2.24) is 14.1 Å². The van der Waals surface area contributed by atoms with Crippen LogP contribution in [0.15, 0.2) is 16.0 Å². The number of rotatable bonds is 6. The molecule has 0 N–H and O–H groups in total. The number of carbonyl (C=O) groups excluding carboxylic acids is 1. The summed E-state index contributed by atoms with van der Waals surface area (Å²) in [4.78, 5) is 32.5. The zero-order chi connectivity index (χ0) is 20.2. The van der Waals surface area contributed by atoms with Gasteiger partial charge in [0.2, 0.25) is 0 Å². The first-order chi connectivity index (χ1) is 13.3. The fourth-order valence-electron chi connectivity index (χ4n) is 3.86. The molecule has 3 aromatic heterocycles. The van der Waals surface area contributed by atoms with Crippen molar-refractivity contribution >= 4 is 39.1 Å². The minimum absolute atomic E-state index is 0.00351. The van der Waals surface area contributed by atoms with Crippen LogP contribution in [0.5, 0.6) is 0 Å². The van der Waals surface area contributed by atoms with Gasteiger partial charge in [0.15, 0.2) is 10.9 Å². The lowest BCUT2D eigenvalue weighted by Crippen LogP contribution is -2.22. The number of ketones is 1. The predicted molar refractivity (Wildman–Crippen MR) is 116 cm³/mol. The molecule has 0 amide bonds. The van der Waals surface area contributed by atoms with E-state index in [2.05, 4.69) is 11.5 Å². The summed E-state index contributed by atoms with van der Waals surface area (Å²) >= 11 is 2.92. The van der Waals surface area contributed by atoms with Crippen LogP contribution in [0.1, 0.15) is 58.0 Å². The topological polar surface area (TPSA) is 56.9 Å². The van der Waals surface area contributed by atoms with E-state index in [0.717, 1.165) is 32.2 Å². The number of thiophene rings is 1. The molecule has 148 valence electrons. The first-order valence-electron chi connectivity index (χ1n) is 9.68. The average molecular weight is 416 g/mol. The highest BCUT2D eigenvalue weighted by Gasteiger charge is 2.28. The lowest BCUT2D eigenvalue weighted by atomic mass is 10.2. The van der Waals surface area contributed by atoms with Crippen LogP contribution in [0.25, 0.3) is 10.2 Å². The van der Waals surface area contributed by atoms with E-state index >= 15 is 0 Å². The van der Waals surface area contributed by atoms with Gasteiger partial charge in [0.05, 0.1) is 11.1 Å². The van der Waals surface area contributed by atoms with E-state index in [1.807, 2.05) is 33.8 Å². The molecule has 0 aromatic carbocycles. The Bertz CT molecular complexity index is 1150. The van der Waals surface area contributed by atoms with Crippen LogP contribution in [0.2, 0.25) is 0 Å². The molecule has 0 unspecified atom stereocenters. The molecule has 0 bridgehead atoms. The number of hydrogen-bond donors (Lipinski definition) is 0. The molecule has 0 radical (unpaired) electrons. The van der Waals surface area contributed by atoms with Crippen LogP contribution in [-0.2, 0) is 6.54 Å². The highest BCUT2D eigenvalue weighted by atomic mass is 32.2. The molecule has 0 aliphatic heterocycles. The van der Waals surface area contributed by atoms with Gasteiger partial charge in [-0.1, -0.05) is 11.8 Å². The van der Waals surface area contributed by atoms with Gasteiger partial charge in [0.25, 0.3) is 5.56 Å². The molecule has 7 heteroatoms. The van der Waals surface area contributed by atoms with Gasteiger partial charge in [-0.2, -0.15) is 0 Å². The van der Waals surface area contributed by atoms with Crippen LogP contribution in [0, 0.1) is 27.7 Å². The third kappa shape index (κ3) is 3.14. The molecule has 4 rings (SSSR count). The summed E-state index contributed by atoms with van der Waals surface area (Å²) in [5.41, 5.74) is 4.02. The van der Waals surface area contributed by atoms with E-state index in [0.29, 0.717) is 23.1 Å². The van der Waals surface area contributed by atoms with Crippen LogP contribution >= 0.6 is 23.1 Å². The van der Waals surface area contributed by atoms with E-state index in [1.165, 1.54) is 24.6 Å². The van der Waals surface area contributed by atoms with Gasteiger partial charge in [0, 0.05) is 34.4 Å². The second-order valence-electron chi connectivity index (χ2n) is 7.51. The summed E-state index contributed by atoms with van der Waals surface area (Å²) in [5.74, 6) is 0.386. The molecule has 3 aromatic rings. The van der Waals surface area contributed by atoms with Crippen molar-refractivity contribution in [2.75, 3.05) is 5.75 Å². The number of carbonyl (C=O) groups is 1. The number of aryl methyl sites for hydroxylation is 3. The van der Waals surface area contributed by atoms with Crippen molar-refractivity contribution in [2.24, 2.45) is 0 Å². The van der Waals surface area contributed by atoms with Crippen molar-refractivity contribution in [1.29, 1.82) is 0 Å². The summed E-state index contributed by atoms with van der Waals surface area (Å²) < 4.78 is 3.98. The van der Waals surface area contributed by atoms with E-state index in [9.17, 15) is 9.59 Å². The number of nitrogens with zero attached hydrogens (tertiary/aromatic N) is 3. The number of fused-ring (bicyclic) bond motifs is 1. The molecule has 0 spiro atoms. The van der Waals surface area contributed by atoms with Gasteiger partial charge in [-0.15, -0.1) is 11.3 Å². The molecule has 0 saturated heterocycles. The number of Topliss-reactive ketones (excluding diaryl/α,β-unsaturated/α-hetero) is 1. The summed E-state index contributed by atoms with van der Waals surface area (Å²) in [6.45, 7) is 10.6. The fourth-order valence-corrected chi connectivity index (χ4v) is 5.88. The zero-order valence-electron chi connectivity index (χ0n) is 17.0. The minimum atomic E-state index is -0.00351. The normalized spacial score (nSPS) is 14.2. The lowest BCUT2D eigenvalue weighted by molar-refractivity contribution is 0.102. The quantitative estimate of drug-likeness (QED) is 0.329. The first kappa shape index (κ1) is 19.5. The van der Waals surface area contributed by atoms with Gasteiger partial charge in [0.1, 0.15) is 4.83 Å². The Balaban J connectivity index is 1.63. The van der Waals surface area contributed by atoms with Gasteiger partial charge >= 0.3 is 0 Å². The summed E-state index contributed by atoms with van der Waals surface area (Å²) in [6.07, 6.45) is 2.40. The Kier molecular flexibility index (Phi) is 5.00. The van der Waals surface area contributed by atoms with E-state index in [1.54, 1.807) is 15.9 Å². The van der Waals surface area contributed by atoms with Crippen LogP contribution in [-0.4, -0.2) is 25.7 Å². The predicted octanol–water partition coefficient (Wildman–Crippen LogP) is 4.82. The number of aromatic nitrogens is 3. The molecule has 1 fully saturated rings. The standard InChI is InChI=1S/C21H25N3O2S2/c1-6-23-20(26)18-12(3)14(5)28-19(18)22-21(23)27-10-17(25)16-9-11(2)24(13(16)4)15-7-8-15/h9,15H,6-8,10H2,1-5H3. The smallest absolute Gasteiger partial charge is 0.263 e. The molecule has 1 saturated carbocycles.